The molecule has 0 aromatic heterocycles. The smallest absolute Gasteiger partial charge is 0.264 e. The van der Waals surface area contributed by atoms with E-state index >= 15 is 0 Å². The minimum absolute atomic E-state index is 0.196. The highest BCUT2D eigenvalue weighted by molar-refractivity contribution is 7.67. The number of nitrogens with zero attached hydrogens (tertiary/aromatic N) is 1. The molecule has 6 heteroatoms. The van der Waals surface area contributed by atoms with Gasteiger partial charge in [0.2, 0.25) is 0 Å². The van der Waals surface area contributed by atoms with Crippen molar-refractivity contribution >= 4 is 18.4 Å². The molecule has 0 heterocycles. The van der Waals surface area contributed by atoms with Gasteiger partial charge in [-0.25, -0.2) is 4.39 Å². The van der Waals surface area contributed by atoms with E-state index < -0.39 is 19.0 Å². The molecule has 1 aliphatic rings. The largest absolute Gasteiger partial charge is 0.378 e. The van der Waals surface area contributed by atoms with Gasteiger partial charge in [0.25, 0.3) is 7.37 Å². The lowest BCUT2D eigenvalue weighted by atomic mass is 9.75. The molecule has 2 aromatic carbocycles. The van der Waals surface area contributed by atoms with Crippen LogP contribution >= 0.6 is 7.37 Å². The number of anilines is 1. The second kappa shape index (κ2) is 9.85. The first-order chi connectivity index (χ1) is 14.6. The van der Waals surface area contributed by atoms with Gasteiger partial charge in [0, 0.05) is 25.1 Å². The van der Waals surface area contributed by atoms with Crippen LogP contribution in [0, 0.1) is 23.6 Å². The Morgan fingerprint density at radius 1 is 1.06 bits per heavy atom. The molecule has 0 amide bonds. The van der Waals surface area contributed by atoms with Gasteiger partial charge in [-0.2, -0.15) is 0 Å². The van der Waals surface area contributed by atoms with E-state index in [2.05, 4.69) is 20.8 Å². The number of hydrogen-bond donors (Lipinski definition) is 1. The molecule has 2 aromatic rings. The van der Waals surface area contributed by atoms with E-state index in [0.29, 0.717) is 22.7 Å². The summed E-state index contributed by atoms with van der Waals surface area (Å²) >= 11 is 0. The zero-order valence-electron chi connectivity index (χ0n) is 19.2. The maximum Gasteiger partial charge on any atom is 0.264 e. The van der Waals surface area contributed by atoms with Gasteiger partial charge in [-0.15, -0.1) is 0 Å². The standard InChI is InChI=1S/C25H35FNO3P/c1-17(2)23-15-6-18(3)16-24(23)30-31(29,22-13-11-21(12-14-22)27(4)5)25(28)19-7-9-20(26)10-8-19/h7-14,17-18,23-25,28H,6,15-16H2,1-5H3/t18-,23+,24-,25+,31+/m1/s1. The minimum atomic E-state index is -3.71. The molecule has 170 valence electrons. The Morgan fingerprint density at radius 2 is 1.68 bits per heavy atom. The fraction of sp³-hybridized carbons (Fsp3) is 0.520. The predicted octanol–water partition coefficient (Wildman–Crippen LogP) is 5.96. The first-order valence-corrected chi connectivity index (χ1v) is 12.8. The monoisotopic (exact) mass is 447 g/mol. The van der Waals surface area contributed by atoms with Gasteiger partial charge < -0.3 is 14.5 Å². The van der Waals surface area contributed by atoms with Crippen molar-refractivity contribution in [3.63, 3.8) is 0 Å². The highest BCUT2D eigenvalue weighted by atomic mass is 31.2. The molecule has 0 bridgehead atoms. The first kappa shape index (κ1) is 24.0. The van der Waals surface area contributed by atoms with Crippen molar-refractivity contribution in [2.45, 2.75) is 52.0 Å². The highest BCUT2D eigenvalue weighted by Crippen LogP contribution is 2.60. The normalized spacial score (nSPS) is 24.6. The Kier molecular flexibility index (Phi) is 7.62. The van der Waals surface area contributed by atoms with E-state index in [-0.39, 0.29) is 12.0 Å². The second-order valence-corrected chi connectivity index (χ2v) is 11.8. The predicted molar refractivity (Wildman–Crippen MR) is 126 cm³/mol. The molecule has 0 aliphatic heterocycles. The summed E-state index contributed by atoms with van der Waals surface area (Å²) in [6.45, 7) is 6.54. The third kappa shape index (κ3) is 5.39. The number of hydrogen-bond acceptors (Lipinski definition) is 4. The number of aliphatic hydroxyl groups is 1. The summed E-state index contributed by atoms with van der Waals surface area (Å²) in [7, 11) is 0.172. The average Bonchev–Trinajstić information content (AvgIpc) is 2.73. The lowest BCUT2D eigenvalue weighted by Crippen LogP contribution is -2.35. The number of aliphatic hydroxyl groups excluding tert-OH is 1. The molecule has 1 N–H and O–H groups in total. The molecule has 31 heavy (non-hydrogen) atoms. The lowest BCUT2D eigenvalue weighted by molar-refractivity contribution is 0.0427. The van der Waals surface area contributed by atoms with Crippen LogP contribution in [0.3, 0.4) is 0 Å². The van der Waals surface area contributed by atoms with Crippen LogP contribution < -0.4 is 10.2 Å². The summed E-state index contributed by atoms with van der Waals surface area (Å²) in [4.78, 5) is 1.96. The SMILES string of the molecule is CC(C)[C@@H]1CC[C@@H](C)C[C@H]1O[P@@](=O)(c1ccc(N(C)C)cc1)[C@H](O)c1ccc(F)cc1. The average molecular weight is 448 g/mol. The number of rotatable bonds is 7. The zero-order valence-corrected chi connectivity index (χ0v) is 20.1. The molecular weight excluding hydrogens is 412 g/mol. The highest BCUT2D eigenvalue weighted by Gasteiger charge is 2.42. The van der Waals surface area contributed by atoms with Crippen LogP contribution in [0.15, 0.2) is 48.5 Å². The summed E-state index contributed by atoms with van der Waals surface area (Å²) in [5, 5.41) is 11.7. The summed E-state index contributed by atoms with van der Waals surface area (Å²) in [5.41, 5.74) is 1.37. The molecule has 5 atom stereocenters. The van der Waals surface area contributed by atoms with Gasteiger partial charge in [-0.1, -0.05) is 39.3 Å². The Hall–Kier alpha value is -1.68. The molecule has 0 unspecified atom stereocenters. The van der Waals surface area contributed by atoms with Gasteiger partial charge in [-0.3, -0.25) is 4.57 Å². The van der Waals surface area contributed by atoms with Crippen molar-refractivity contribution in [3.8, 4) is 0 Å². The zero-order chi connectivity index (χ0) is 22.8. The van der Waals surface area contributed by atoms with E-state index in [1.807, 2.05) is 31.1 Å². The summed E-state index contributed by atoms with van der Waals surface area (Å²) < 4.78 is 34.4. The van der Waals surface area contributed by atoms with Crippen LogP contribution in [0.4, 0.5) is 10.1 Å². The van der Waals surface area contributed by atoms with E-state index in [1.54, 1.807) is 12.1 Å². The van der Waals surface area contributed by atoms with Crippen LogP contribution in [0.5, 0.6) is 0 Å². The van der Waals surface area contributed by atoms with E-state index in [0.717, 1.165) is 24.9 Å². The van der Waals surface area contributed by atoms with Crippen LogP contribution in [-0.2, 0) is 9.09 Å². The van der Waals surface area contributed by atoms with Gasteiger partial charge in [-0.05, 0) is 72.6 Å². The van der Waals surface area contributed by atoms with Crippen molar-refractivity contribution < 1.29 is 18.6 Å². The van der Waals surface area contributed by atoms with Gasteiger partial charge in [0.15, 0.2) is 5.85 Å². The minimum Gasteiger partial charge on any atom is -0.378 e. The number of halogens is 1. The van der Waals surface area contributed by atoms with Crippen LogP contribution in [0.2, 0.25) is 0 Å². The lowest BCUT2D eigenvalue weighted by Gasteiger charge is -2.40. The maximum atomic E-state index is 14.4. The molecule has 3 rings (SSSR count). The van der Waals surface area contributed by atoms with Gasteiger partial charge in [0.1, 0.15) is 5.82 Å². The Balaban J connectivity index is 2.02. The molecule has 1 fully saturated rings. The fourth-order valence-electron chi connectivity index (χ4n) is 4.49. The fourth-order valence-corrected chi connectivity index (χ4v) is 6.78. The molecule has 1 aliphatic carbocycles. The van der Waals surface area contributed by atoms with Crippen LogP contribution in [0.25, 0.3) is 0 Å². The summed E-state index contributed by atoms with van der Waals surface area (Å²) in [5.74, 6) is -0.602. The Bertz CT molecular complexity index is 898. The third-order valence-electron chi connectivity index (χ3n) is 6.47. The van der Waals surface area contributed by atoms with E-state index in [4.69, 9.17) is 4.52 Å². The topological polar surface area (TPSA) is 49.8 Å². The summed E-state index contributed by atoms with van der Waals surface area (Å²) in [6.07, 6.45) is 2.78. The van der Waals surface area contributed by atoms with Crippen LogP contribution in [-0.4, -0.2) is 25.3 Å². The quantitative estimate of drug-likeness (QED) is 0.532. The molecule has 0 radical (unpaired) electrons. The van der Waals surface area contributed by atoms with Crippen molar-refractivity contribution in [1.82, 2.24) is 0 Å². The summed E-state index contributed by atoms with van der Waals surface area (Å²) in [6, 6.07) is 12.8. The van der Waals surface area contributed by atoms with Crippen molar-refractivity contribution in [2.75, 3.05) is 19.0 Å². The number of benzene rings is 2. The molecular formula is C25H35FNO3P. The van der Waals surface area contributed by atoms with Gasteiger partial charge in [0.05, 0.1) is 6.10 Å². The molecule has 4 nitrogen and oxygen atoms in total. The van der Waals surface area contributed by atoms with Crippen molar-refractivity contribution in [3.05, 3.63) is 59.9 Å². The van der Waals surface area contributed by atoms with Crippen LogP contribution in [0.1, 0.15) is 51.4 Å². The van der Waals surface area contributed by atoms with Crippen molar-refractivity contribution in [2.24, 2.45) is 17.8 Å². The van der Waals surface area contributed by atoms with Crippen molar-refractivity contribution in [1.29, 1.82) is 0 Å². The Morgan fingerprint density at radius 3 is 2.23 bits per heavy atom. The third-order valence-corrected chi connectivity index (χ3v) is 9.01. The van der Waals surface area contributed by atoms with E-state index in [9.17, 15) is 14.1 Å². The molecule has 0 spiro atoms. The molecule has 0 saturated heterocycles. The van der Waals surface area contributed by atoms with E-state index in [1.165, 1.54) is 24.3 Å². The molecule has 1 saturated carbocycles. The Labute approximate surface area is 185 Å². The van der Waals surface area contributed by atoms with Gasteiger partial charge >= 0.3 is 0 Å². The second-order valence-electron chi connectivity index (χ2n) is 9.40. The first-order valence-electron chi connectivity index (χ1n) is 11.1. The maximum absolute atomic E-state index is 14.4.